The monoisotopic (exact) mass is 282 g/mol. The molecule has 2 unspecified atom stereocenters. The molecule has 2 aliphatic rings. The topological polar surface area (TPSA) is 61.4 Å². The SMILES string of the molecule is CCC1CCNC(C(=O)NCC2(CO)CCCCC2)C1. The third kappa shape index (κ3) is 3.95. The summed E-state index contributed by atoms with van der Waals surface area (Å²) in [4.78, 5) is 12.3. The molecule has 1 heterocycles. The molecule has 0 aromatic carbocycles. The molecule has 1 saturated heterocycles. The van der Waals surface area contributed by atoms with Crippen LogP contribution in [0.5, 0.6) is 0 Å². The van der Waals surface area contributed by atoms with Crippen LogP contribution in [0.2, 0.25) is 0 Å². The Kier molecular flexibility index (Phi) is 5.85. The highest BCUT2D eigenvalue weighted by Gasteiger charge is 2.33. The second-order valence-electron chi connectivity index (χ2n) is 6.74. The first-order chi connectivity index (χ1) is 9.69. The molecular weight excluding hydrogens is 252 g/mol. The Balaban J connectivity index is 1.81. The number of carbonyl (C=O) groups is 1. The van der Waals surface area contributed by atoms with Gasteiger partial charge in [-0.3, -0.25) is 4.79 Å². The van der Waals surface area contributed by atoms with E-state index in [1.807, 2.05) is 0 Å². The molecule has 0 aromatic heterocycles. The van der Waals surface area contributed by atoms with Crippen LogP contribution < -0.4 is 10.6 Å². The van der Waals surface area contributed by atoms with E-state index in [0.29, 0.717) is 12.5 Å². The third-order valence-corrected chi connectivity index (χ3v) is 5.29. The van der Waals surface area contributed by atoms with Crippen LogP contribution in [0.25, 0.3) is 0 Å². The molecule has 116 valence electrons. The number of rotatable bonds is 5. The maximum absolute atomic E-state index is 12.3. The van der Waals surface area contributed by atoms with Crippen molar-refractivity contribution in [1.29, 1.82) is 0 Å². The van der Waals surface area contributed by atoms with Gasteiger partial charge in [-0.05, 0) is 38.1 Å². The summed E-state index contributed by atoms with van der Waals surface area (Å²) in [5.41, 5.74) is -0.0628. The molecule has 0 spiro atoms. The highest BCUT2D eigenvalue weighted by molar-refractivity contribution is 5.81. The molecule has 4 heteroatoms. The third-order valence-electron chi connectivity index (χ3n) is 5.29. The van der Waals surface area contributed by atoms with Gasteiger partial charge in [0.25, 0.3) is 0 Å². The molecule has 2 fully saturated rings. The zero-order valence-corrected chi connectivity index (χ0v) is 12.8. The van der Waals surface area contributed by atoms with Gasteiger partial charge in [0.2, 0.25) is 5.91 Å². The average Bonchev–Trinajstić information content (AvgIpc) is 2.53. The first-order valence-electron chi connectivity index (χ1n) is 8.31. The van der Waals surface area contributed by atoms with Crippen molar-refractivity contribution in [2.75, 3.05) is 19.7 Å². The molecule has 20 heavy (non-hydrogen) atoms. The quantitative estimate of drug-likeness (QED) is 0.721. The zero-order valence-electron chi connectivity index (χ0n) is 12.8. The van der Waals surface area contributed by atoms with Gasteiger partial charge in [0.15, 0.2) is 0 Å². The summed E-state index contributed by atoms with van der Waals surface area (Å²) in [7, 11) is 0. The van der Waals surface area contributed by atoms with Crippen molar-refractivity contribution in [3.8, 4) is 0 Å². The van der Waals surface area contributed by atoms with E-state index in [2.05, 4.69) is 17.6 Å². The molecule has 0 bridgehead atoms. The number of nitrogens with one attached hydrogen (secondary N) is 2. The lowest BCUT2D eigenvalue weighted by Crippen LogP contribution is -2.51. The standard InChI is InChI=1S/C16H30N2O2/c1-2-13-6-9-17-14(10-13)15(20)18-11-16(12-19)7-4-3-5-8-16/h13-14,17,19H,2-12H2,1H3,(H,18,20). The molecule has 1 aliphatic heterocycles. The molecule has 2 atom stereocenters. The molecule has 0 aromatic rings. The Morgan fingerprint density at radius 2 is 2.10 bits per heavy atom. The summed E-state index contributed by atoms with van der Waals surface area (Å²) >= 11 is 0. The van der Waals surface area contributed by atoms with Gasteiger partial charge in [-0.25, -0.2) is 0 Å². The van der Waals surface area contributed by atoms with Gasteiger partial charge in [0, 0.05) is 12.0 Å². The number of hydrogen-bond donors (Lipinski definition) is 3. The summed E-state index contributed by atoms with van der Waals surface area (Å²) in [5, 5.41) is 16.1. The predicted octanol–water partition coefficient (Wildman–Crippen LogP) is 1.82. The number of aliphatic hydroxyl groups is 1. The van der Waals surface area contributed by atoms with E-state index >= 15 is 0 Å². The molecule has 1 amide bonds. The summed E-state index contributed by atoms with van der Waals surface area (Å²) in [6.07, 6.45) is 8.99. The van der Waals surface area contributed by atoms with Crippen LogP contribution in [0.4, 0.5) is 0 Å². The number of aliphatic hydroxyl groups excluding tert-OH is 1. The minimum atomic E-state index is -0.0628. The lowest BCUT2D eigenvalue weighted by molar-refractivity contribution is -0.125. The summed E-state index contributed by atoms with van der Waals surface area (Å²) in [5.74, 6) is 0.801. The maximum atomic E-state index is 12.3. The molecular formula is C16H30N2O2. The van der Waals surface area contributed by atoms with Crippen LogP contribution in [0, 0.1) is 11.3 Å². The van der Waals surface area contributed by atoms with Crippen molar-refractivity contribution in [3.63, 3.8) is 0 Å². The van der Waals surface area contributed by atoms with E-state index in [9.17, 15) is 9.90 Å². The number of amides is 1. The van der Waals surface area contributed by atoms with Gasteiger partial charge in [-0.2, -0.15) is 0 Å². The van der Waals surface area contributed by atoms with E-state index in [0.717, 1.165) is 32.2 Å². The van der Waals surface area contributed by atoms with Crippen molar-refractivity contribution in [2.45, 2.75) is 64.3 Å². The van der Waals surface area contributed by atoms with E-state index in [-0.39, 0.29) is 24.0 Å². The molecule has 1 aliphatic carbocycles. The maximum Gasteiger partial charge on any atom is 0.237 e. The number of carbonyl (C=O) groups excluding carboxylic acids is 1. The molecule has 4 nitrogen and oxygen atoms in total. The highest BCUT2D eigenvalue weighted by atomic mass is 16.3. The van der Waals surface area contributed by atoms with Crippen LogP contribution in [0.1, 0.15) is 58.3 Å². The van der Waals surface area contributed by atoms with Gasteiger partial charge in [0.05, 0.1) is 12.6 Å². The summed E-state index contributed by atoms with van der Waals surface area (Å²) < 4.78 is 0. The van der Waals surface area contributed by atoms with Gasteiger partial charge in [0.1, 0.15) is 0 Å². The lowest BCUT2D eigenvalue weighted by Gasteiger charge is -2.36. The van der Waals surface area contributed by atoms with Gasteiger partial charge >= 0.3 is 0 Å². The zero-order chi connectivity index (χ0) is 14.4. The summed E-state index contributed by atoms with van der Waals surface area (Å²) in [6.45, 7) is 3.98. The lowest BCUT2D eigenvalue weighted by atomic mass is 9.74. The second-order valence-corrected chi connectivity index (χ2v) is 6.74. The Labute approximate surface area is 122 Å². The molecule has 1 saturated carbocycles. The van der Waals surface area contributed by atoms with E-state index in [4.69, 9.17) is 0 Å². The molecule has 0 radical (unpaired) electrons. The van der Waals surface area contributed by atoms with Gasteiger partial charge in [-0.1, -0.05) is 32.6 Å². The minimum absolute atomic E-state index is 0.0342. The summed E-state index contributed by atoms with van der Waals surface area (Å²) in [6, 6.07) is -0.0342. The van der Waals surface area contributed by atoms with E-state index < -0.39 is 0 Å². The van der Waals surface area contributed by atoms with Crippen LogP contribution in [0.15, 0.2) is 0 Å². The van der Waals surface area contributed by atoms with Crippen LogP contribution in [0.3, 0.4) is 0 Å². The fourth-order valence-corrected chi connectivity index (χ4v) is 3.66. The van der Waals surface area contributed by atoms with E-state index in [1.54, 1.807) is 0 Å². The van der Waals surface area contributed by atoms with Crippen LogP contribution in [-0.2, 0) is 4.79 Å². The fourth-order valence-electron chi connectivity index (χ4n) is 3.66. The Bertz CT molecular complexity index is 314. The van der Waals surface area contributed by atoms with Crippen molar-refractivity contribution >= 4 is 5.91 Å². The van der Waals surface area contributed by atoms with Crippen LogP contribution >= 0.6 is 0 Å². The Hall–Kier alpha value is -0.610. The average molecular weight is 282 g/mol. The van der Waals surface area contributed by atoms with Crippen molar-refractivity contribution in [3.05, 3.63) is 0 Å². The number of hydrogen-bond acceptors (Lipinski definition) is 3. The largest absolute Gasteiger partial charge is 0.396 e. The van der Waals surface area contributed by atoms with E-state index in [1.165, 1.54) is 25.7 Å². The normalized spacial score (nSPS) is 29.9. The van der Waals surface area contributed by atoms with Crippen molar-refractivity contribution in [2.24, 2.45) is 11.3 Å². The van der Waals surface area contributed by atoms with Gasteiger partial charge in [-0.15, -0.1) is 0 Å². The predicted molar refractivity (Wildman–Crippen MR) is 80.4 cm³/mol. The van der Waals surface area contributed by atoms with Crippen molar-refractivity contribution < 1.29 is 9.90 Å². The molecule has 3 N–H and O–H groups in total. The van der Waals surface area contributed by atoms with Crippen molar-refractivity contribution in [1.82, 2.24) is 10.6 Å². The first-order valence-corrected chi connectivity index (χ1v) is 8.31. The molecule has 2 rings (SSSR count). The Morgan fingerprint density at radius 3 is 2.75 bits per heavy atom. The fraction of sp³-hybridized carbons (Fsp3) is 0.938. The van der Waals surface area contributed by atoms with Gasteiger partial charge < -0.3 is 15.7 Å². The second kappa shape index (κ2) is 7.41. The highest BCUT2D eigenvalue weighted by Crippen LogP contribution is 2.35. The smallest absolute Gasteiger partial charge is 0.237 e. The number of piperidine rings is 1. The minimum Gasteiger partial charge on any atom is -0.396 e. The Morgan fingerprint density at radius 1 is 1.35 bits per heavy atom. The first kappa shape index (κ1) is 15.8. The van der Waals surface area contributed by atoms with Crippen LogP contribution in [-0.4, -0.2) is 36.8 Å².